The zero-order valence-corrected chi connectivity index (χ0v) is 9.86. The zero-order valence-electron chi connectivity index (χ0n) is 9.86. The minimum absolute atomic E-state index is 0.0711. The number of hydrogen-bond donors (Lipinski definition) is 0. The summed E-state index contributed by atoms with van der Waals surface area (Å²) in [5, 5.41) is 0. The second-order valence-corrected chi connectivity index (χ2v) is 4.80. The van der Waals surface area contributed by atoms with Crippen LogP contribution in [0.4, 0.5) is 0 Å². The van der Waals surface area contributed by atoms with E-state index in [1.807, 2.05) is 32.0 Å². The standard InChI is InChI=1S/C13H14O4/c1-8-6-13(2,17-12(8)14)9-4-3-5-10-11(9)16-7-15-10/h3-5,8H,6-7H2,1-2H3/t8-,13+/m0/s1. The van der Waals surface area contributed by atoms with Crippen molar-refractivity contribution in [2.45, 2.75) is 25.9 Å². The van der Waals surface area contributed by atoms with Crippen molar-refractivity contribution in [1.82, 2.24) is 0 Å². The maximum atomic E-state index is 11.6. The highest BCUT2D eigenvalue weighted by Gasteiger charge is 2.45. The average molecular weight is 234 g/mol. The minimum Gasteiger partial charge on any atom is -0.454 e. The first-order chi connectivity index (χ1) is 8.10. The normalized spacial score (nSPS) is 30.5. The molecule has 3 rings (SSSR count). The fourth-order valence-electron chi connectivity index (χ4n) is 2.54. The molecule has 2 atom stereocenters. The lowest BCUT2D eigenvalue weighted by Crippen LogP contribution is -2.21. The van der Waals surface area contributed by atoms with Gasteiger partial charge in [0.1, 0.15) is 5.60 Å². The van der Waals surface area contributed by atoms with Crippen LogP contribution < -0.4 is 9.47 Å². The van der Waals surface area contributed by atoms with E-state index in [9.17, 15) is 4.79 Å². The molecule has 90 valence electrons. The summed E-state index contributed by atoms with van der Waals surface area (Å²) in [6, 6.07) is 5.68. The number of hydrogen-bond acceptors (Lipinski definition) is 4. The number of fused-ring (bicyclic) bond motifs is 1. The van der Waals surface area contributed by atoms with Gasteiger partial charge in [0.15, 0.2) is 11.5 Å². The summed E-state index contributed by atoms with van der Waals surface area (Å²) in [5.74, 6) is 1.21. The van der Waals surface area contributed by atoms with E-state index in [4.69, 9.17) is 14.2 Å². The monoisotopic (exact) mass is 234 g/mol. The molecule has 0 aliphatic carbocycles. The summed E-state index contributed by atoms with van der Waals surface area (Å²) in [6.07, 6.45) is 0.672. The van der Waals surface area contributed by atoms with Crippen LogP contribution in [0.1, 0.15) is 25.8 Å². The van der Waals surface area contributed by atoms with E-state index in [0.29, 0.717) is 12.2 Å². The van der Waals surface area contributed by atoms with E-state index in [1.54, 1.807) is 0 Å². The number of cyclic esters (lactones) is 1. The van der Waals surface area contributed by atoms with Crippen molar-refractivity contribution in [2.24, 2.45) is 5.92 Å². The van der Waals surface area contributed by atoms with Crippen LogP contribution in [0, 0.1) is 5.92 Å². The van der Waals surface area contributed by atoms with Crippen molar-refractivity contribution in [1.29, 1.82) is 0 Å². The van der Waals surface area contributed by atoms with Gasteiger partial charge in [-0.2, -0.15) is 0 Å². The molecular weight excluding hydrogens is 220 g/mol. The number of esters is 1. The molecule has 2 heterocycles. The molecule has 0 unspecified atom stereocenters. The molecule has 0 spiro atoms. The van der Waals surface area contributed by atoms with Crippen molar-refractivity contribution in [3.05, 3.63) is 23.8 Å². The van der Waals surface area contributed by atoms with Gasteiger partial charge in [-0.3, -0.25) is 4.79 Å². The summed E-state index contributed by atoms with van der Waals surface area (Å²) in [5.41, 5.74) is 0.292. The Labute approximate surface area is 99.5 Å². The number of carbonyl (C=O) groups is 1. The molecule has 4 heteroatoms. The van der Waals surface area contributed by atoms with Gasteiger partial charge < -0.3 is 14.2 Å². The molecule has 0 N–H and O–H groups in total. The molecule has 0 amide bonds. The van der Waals surface area contributed by atoms with Gasteiger partial charge in [-0.25, -0.2) is 0 Å². The van der Waals surface area contributed by atoms with Crippen LogP contribution in [-0.2, 0) is 15.1 Å². The van der Waals surface area contributed by atoms with E-state index >= 15 is 0 Å². The number of para-hydroxylation sites is 1. The molecule has 1 aromatic carbocycles. The van der Waals surface area contributed by atoms with Crippen LogP contribution >= 0.6 is 0 Å². The minimum atomic E-state index is -0.602. The molecule has 1 aromatic rings. The van der Waals surface area contributed by atoms with Crippen molar-refractivity contribution >= 4 is 5.97 Å². The first-order valence-electron chi connectivity index (χ1n) is 5.72. The summed E-state index contributed by atoms with van der Waals surface area (Å²) in [4.78, 5) is 11.6. The van der Waals surface area contributed by atoms with Crippen LogP contribution in [-0.4, -0.2) is 12.8 Å². The molecule has 1 saturated heterocycles. The van der Waals surface area contributed by atoms with Crippen LogP contribution in [0.5, 0.6) is 11.5 Å². The highest BCUT2D eigenvalue weighted by molar-refractivity contribution is 5.75. The molecule has 0 saturated carbocycles. The van der Waals surface area contributed by atoms with Crippen molar-refractivity contribution in [3.63, 3.8) is 0 Å². The van der Waals surface area contributed by atoms with Gasteiger partial charge in [0.25, 0.3) is 0 Å². The highest BCUT2D eigenvalue weighted by atomic mass is 16.7. The molecule has 4 nitrogen and oxygen atoms in total. The topological polar surface area (TPSA) is 44.8 Å². The Hall–Kier alpha value is -1.71. The summed E-state index contributed by atoms with van der Waals surface area (Å²) in [6.45, 7) is 4.03. The van der Waals surface area contributed by atoms with E-state index in [-0.39, 0.29) is 18.7 Å². The number of ether oxygens (including phenoxy) is 3. The van der Waals surface area contributed by atoms with Crippen molar-refractivity contribution in [3.8, 4) is 11.5 Å². The third-order valence-electron chi connectivity index (χ3n) is 3.39. The zero-order chi connectivity index (χ0) is 12.0. The van der Waals surface area contributed by atoms with Gasteiger partial charge in [-0.1, -0.05) is 19.1 Å². The Balaban J connectivity index is 2.05. The third kappa shape index (κ3) is 1.47. The first kappa shape index (κ1) is 10.4. The average Bonchev–Trinajstić information content (AvgIpc) is 2.84. The Morgan fingerprint density at radius 2 is 2.18 bits per heavy atom. The molecule has 0 bridgehead atoms. The largest absolute Gasteiger partial charge is 0.454 e. The first-order valence-corrected chi connectivity index (χ1v) is 5.72. The SMILES string of the molecule is C[C@H]1C[C@](C)(c2cccc3c2OCO3)OC1=O. The molecule has 0 aromatic heterocycles. The van der Waals surface area contributed by atoms with Crippen LogP contribution in [0.25, 0.3) is 0 Å². The van der Waals surface area contributed by atoms with E-state index in [0.717, 1.165) is 11.3 Å². The van der Waals surface area contributed by atoms with E-state index in [1.165, 1.54) is 0 Å². The Morgan fingerprint density at radius 3 is 2.88 bits per heavy atom. The number of carbonyl (C=O) groups excluding carboxylic acids is 1. The van der Waals surface area contributed by atoms with E-state index < -0.39 is 5.60 Å². The molecule has 2 aliphatic heterocycles. The lowest BCUT2D eigenvalue weighted by Gasteiger charge is -2.24. The quantitative estimate of drug-likeness (QED) is 0.699. The Kier molecular flexibility index (Phi) is 2.08. The second-order valence-electron chi connectivity index (χ2n) is 4.80. The van der Waals surface area contributed by atoms with Crippen LogP contribution in [0.2, 0.25) is 0 Å². The van der Waals surface area contributed by atoms with Gasteiger partial charge in [0.05, 0.1) is 5.92 Å². The third-order valence-corrected chi connectivity index (χ3v) is 3.39. The van der Waals surface area contributed by atoms with Crippen LogP contribution in [0.3, 0.4) is 0 Å². The second kappa shape index (κ2) is 3.39. The van der Waals surface area contributed by atoms with Crippen molar-refractivity contribution < 1.29 is 19.0 Å². The van der Waals surface area contributed by atoms with Gasteiger partial charge in [0.2, 0.25) is 6.79 Å². The maximum absolute atomic E-state index is 11.6. The molecule has 1 fully saturated rings. The molecule has 0 radical (unpaired) electrons. The smallest absolute Gasteiger partial charge is 0.309 e. The highest BCUT2D eigenvalue weighted by Crippen LogP contribution is 2.47. The fourth-order valence-corrected chi connectivity index (χ4v) is 2.54. The number of benzene rings is 1. The Bertz CT molecular complexity index is 482. The lowest BCUT2D eigenvalue weighted by atomic mass is 9.89. The van der Waals surface area contributed by atoms with Crippen LogP contribution in [0.15, 0.2) is 18.2 Å². The van der Waals surface area contributed by atoms with Gasteiger partial charge >= 0.3 is 5.97 Å². The Morgan fingerprint density at radius 1 is 1.35 bits per heavy atom. The molecule has 17 heavy (non-hydrogen) atoms. The predicted octanol–water partition coefficient (Wildman–Crippen LogP) is 2.21. The molecule has 2 aliphatic rings. The maximum Gasteiger partial charge on any atom is 0.309 e. The summed E-state index contributed by atoms with van der Waals surface area (Å²) < 4.78 is 16.3. The van der Waals surface area contributed by atoms with Gasteiger partial charge in [-0.15, -0.1) is 0 Å². The lowest BCUT2D eigenvalue weighted by molar-refractivity contribution is -0.149. The summed E-state index contributed by atoms with van der Waals surface area (Å²) >= 11 is 0. The fraction of sp³-hybridized carbons (Fsp3) is 0.462. The van der Waals surface area contributed by atoms with Gasteiger partial charge in [-0.05, 0) is 13.0 Å². The summed E-state index contributed by atoms with van der Waals surface area (Å²) in [7, 11) is 0. The van der Waals surface area contributed by atoms with E-state index in [2.05, 4.69) is 0 Å². The van der Waals surface area contributed by atoms with Gasteiger partial charge in [0, 0.05) is 12.0 Å². The van der Waals surface area contributed by atoms with Crippen molar-refractivity contribution in [2.75, 3.05) is 6.79 Å². The predicted molar refractivity (Wildman–Crippen MR) is 59.8 cm³/mol. The number of rotatable bonds is 1. The molecular formula is C13H14O4.